The van der Waals surface area contributed by atoms with E-state index in [2.05, 4.69) is 47.1 Å². The van der Waals surface area contributed by atoms with Crippen molar-refractivity contribution in [3.8, 4) is 0 Å². The highest BCUT2D eigenvalue weighted by Crippen LogP contribution is 2.21. The minimum atomic E-state index is 0.911. The summed E-state index contributed by atoms with van der Waals surface area (Å²) >= 11 is 0. The van der Waals surface area contributed by atoms with Gasteiger partial charge in [0.1, 0.15) is 0 Å². The first-order valence-corrected chi connectivity index (χ1v) is 6.62. The Labute approximate surface area is 113 Å². The van der Waals surface area contributed by atoms with Crippen LogP contribution >= 0.6 is 0 Å². The Balaban J connectivity index is 2.01. The standard InChI is InChI=1S/C16H17N3/c1-19-10-4-7-15(19)11-13-5-3-9-18-16(13)14-6-2-8-17-12-14/h2,4,6-8,10-12H,3,5,9H2,1H3. The Kier molecular flexibility index (Phi) is 3.27. The summed E-state index contributed by atoms with van der Waals surface area (Å²) in [5.74, 6) is 0. The number of aryl methyl sites for hydroxylation is 1. The summed E-state index contributed by atoms with van der Waals surface area (Å²) in [5.41, 5.74) is 4.73. The van der Waals surface area contributed by atoms with E-state index in [1.807, 2.05) is 12.3 Å². The summed E-state index contributed by atoms with van der Waals surface area (Å²) in [6.07, 6.45) is 10.2. The molecule has 19 heavy (non-hydrogen) atoms. The topological polar surface area (TPSA) is 30.2 Å². The number of rotatable bonds is 2. The highest BCUT2D eigenvalue weighted by atomic mass is 14.9. The van der Waals surface area contributed by atoms with Gasteiger partial charge in [-0.25, -0.2) is 0 Å². The third kappa shape index (κ3) is 2.50. The minimum Gasteiger partial charge on any atom is -0.351 e. The first-order chi connectivity index (χ1) is 9.34. The van der Waals surface area contributed by atoms with Crippen molar-refractivity contribution in [1.82, 2.24) is 9.55 Å². The van der Waals surface area contributed by atoms with E-state index in [9.17, 15) is 0 Å². The Morgan fingerprint density at radius 3 is 2.95 bits per heavy atom. The summed E-state index contributed by atoms with van der Waals surface area (Å²) in [7, 11) is 2.07. The first kappa shape index (κ1) is 11.9. The van der Waals surface area contributed by atoms with Gasteiger partial charge in [0.2, 0.25) is 0 Å². The zero-order valence-electron chi connectivity index (χ0n) is 11.1. The van der Waals surface area contributed by atoms with Gasteiger partial charge in [-0.15, -0.1) is 0 Å². The second-order valence-electron chi connectivity index (χ2n) is 4.79. The molecule has 0 fully saturated rings. The van der Waals surface area contributed by atoms with E-state index in [1.165, 1.54) is 11.3 Å². The van der Waals surface area contributed by atoms with E-state index >= 15 is 0 Å². The van der Waals surface area contributed by atoms with Gasteiger partial charge in [-0.2, -0.15) is 0 Å². The molecule has 1 aliphatic heterocycles. The van der Waals surface area contributed by atoms with E-state index in [-0.39, 0.29) is 0 Å². The molecule has 3 nitrogen and oxygen atoms in total. The molecule has 3 heteroatoms. The van der Waals surface area contributed by atoms with Gasteiger partial charge in [-0.1, -0.05) is 0 Å². The number of hydrogen-bond acceptors (Lipinski definition) is 2. The Morgan fingerprint density at radius 1 is 1.26 bits per heavy atom. The average molecular weight is 251 g/mol. The summed E-state index contributed by atoms with van der Waals surface area (Å²) < 4.78 is 2.13. The zero-order chi connectivity index (χ0) is 13.1. The lowest BCUT2D eigenvalue weighted by Crippen LogP contribution is -2.12. The third-order valence-electron chi connectivity index (χ3n) is 3.42. The predicted octanol–water partition coefficient (Wildman–Crippen LogP) is 3.09. The molecule has 0 atom stereocenters. The summed E-state index contributed by atoms with van der Waals surface area (Å²) in [4.78, 5) is 8.89. The molecular weight excluding hydrogens is 234 g/mol. The molecular formula is C16H17N3. The van der Waals surface area contributed by atoms with Crippen LogP contribution in [-0.2, 0) is 7.05 Å². The molecule has 96 valence electrons. The van der Waals surface area contributed by atoms with Crippen LogP contribution in [0, 0.1) is 0 Å². The van der Waals surface area contributed by atoms with Crippen molar-refractivity contribution in [2.75, 3.05) is 6.54 Å². The number of pyridine rings is 1. The van der Waals surface area contributed by atoms with Crippen LogP contribution in [0.15, 0.2) is 53.4 Å². The number of aliphatic imine (C=N–C) groups is 1. The number of nitrogens with zero attached hydrogens (tertiary/aromatic N) is 3. The molecule has 0 unspecified atom stereocenters. The van der Waals surface area contributed by atoms with Crippen LogP contribution in [0.5, 0.6) is 0 Å². The molecule has 0 aromatic carbocycles. The fourth-order valence-corrected chi connectivity index (χ4v) is 2.40. The van der Waals surface area contributed by atoms with Gasteiger partial charge >= 0.3 is 0 Å². The van der Waals surface area contributed by atoms with Crippen molar-refractivity contribution in [2.24, 2.45) is 12.0 Å². The second-order valence-corrected chi connectivity index (χ2v) is 4.79. The van der Waals surface area contributed by atoms with Crippen LogP contribution in [0.4, 0.5) is 0 Å². The molecule has 2 aromatic rings. The highest BCUT2D eigenvalue weighted by molar-refractivity contribution is 6.15. The van der Waals surface area contributed by atoms with E-state index < -0.39 is 0 Å². The molecule has 0 saturated carbocycles. The van der Waals surface area contributed by atoms with Crippen molar-refractivity contribution in [3.63, 3.8) is 0 Å². The van der Waals surface area contributed by atoms with Gasteiger partial charge in [0, 0.05) is 43.4 Å². The predicted molar refractivity (Wildman–Crippen MR) is 78.3 cm³/mol. The molecule has 3 rings (SSSR count). The molecule has 0 aliphatic carbocycles. The van der Waals surface area contributed by atoms with Crippen LogP contribution in [-0.4, -0.2) is 21.8 Å². The molecule has 3 heterocycles. The van der Waals surface area contributed by atoms with Crippen molar-refractivity contribution < 1.29 is 0 Å². The highest BCUT2D eigenvalue weighted by Gasteiger charge is 2.14. The summed E-state index contributed by atoms with van der Waals surface area (Å²) in [6.45, 7) is 0.911. The molecule has 0 N–H and O–H groups in total. The third-order valence-corrected chi connectivity index (χ3v) is 3.42. The van der Waals surface area contributed by atoms with Gasteiger partial charge in [0.15, 0.2) is 0 Å². The van der Waals surface area contributed by atoms with Gasteiger partial charge < -0.3 is 4.57 Å². The molecule has 0 saturated heterocycles. The lowest BCUT2D eigenvalue weighted by Gasteiger charge is -2.16. The SMILES string of the molecule is Cn1cccc1C=C1CCCN=C1c1cccnc1. The molecule has 0 bridgehead atoms. The van der Waals surface area contributed by atoms with Crippen LogP contribution in [0.1, 0.15) is 24.1 Å². The van der Waals surface area contributed by atoms with Crippen LogP contribution in [0.25, 0.3) is 6.08 Å². The maximum atomic E-state index is 4.69. The van der Waals surface area contributed by atoms with Crippen molar-refractivity contribution >= 4 is 11.8 Å². The van der Waals surface area contributed by atoms with Crippen LogP contribution in [0.2, 0.25) is 0 Å². The van der Waals surface area contributed by atoms with Crippen molar-refractivity contribution in [3.05, 3.63) is 59.7 Å². The fourth-order valence-electron chi connectivity index (χ4n) is 2.40. The Bertz CT molecular complexity index is 620. The second kappa shape index (κ2) is 5.22. The normalized spacial score (nSPS) is 17.5. The van der Waals surface area contributed by atoms with E-state index in [4.69, 9.17) is 4.99 Å². The number of aromatic nitrogens is 2. The quantitative estimate of drug-likeness (QED) is 0.806. The summed E-state index contributed by atoms with van der Waals surface area (Å²) in [6, 6.07) is 8.24. The molecule has 2 aromatic heterocycles. The van der Waals surface area contributed by atoms with Crippen molar-refractivity contribution in [2.45, 2.75) is 12.8 Å². The van der Waals surface area contributed by atoms with Crippen LogP contribution < -0.4 is 0 Å². The lowest BCUT2D eigenvalue weighted by atomic mass is 9.96. The molecule has 0 spiro atoms. The first-order valence-electron chi connectivity index (χ1n) is 6.62. The van der Waals surface area contributed by atoms with Gasteiger partial charge in [0.25, 0.3) is 0 Å². The van der Waals surface area contributed by atoms with E-state index in [1.54, 1.807) is 6.20 Å². The van der Waals surface area contributed by atoms with Gasteiger partial charge in [-0.05, 0) is 48.8 Å². The maximum absolute atomic E-state index is 4.69. The van der Waals surface area contributed by atoms with Crippen molar-refractivity contribution in [1.29, 1.82) is 0 Å². The largest absolute Gasteiger partial charge is 0.351 e. The van der Waals surface area contributed by atoms with Gasteiger partial charge in [0.05, 0.1) is 5.71 Å². The Morgan fingerprint density at radius 2 is 2.21 bits per heavy atom. The van der Waals surface area contributed by atoms with Gasteiger partial charge in [-0.3, -0.25) is 9.98 Å². The zero-order valence-corrected chi connectivity index (χ0v) is 11.1. The average Bonchev–Trinajstić information content (AvgIpc) is 2.86. The Hall–Kier alpha value is -2.16. The van der Waals surface area contributed by atoms with Crippen LogP contribution in [0.3, 0.4) is 0 Å². The fraction of sp³-hybridized carbons (Fsp3) is 0.250. The lowest BCUT2D eigenvalue weighted by molar-refractivity contribution is 0.816. The molecule has 0 amide bonds. The van der Waals surface area contributed by atoms with E-state index in [0.717, 1.165) is 30.7 Å². The summed E-state index contributed by atoms with van der Waals surface area (Å²) in [5, 5.41) is 0. The monoisotopic (exact) mass is 251 g/mol. The number of hydrogen-bond donors (Lipinski definition) is 0. The molecule has 0 radical (unpaired) electrons. The smallest absolute Gasteiger partial charge is 0.0694 e. The van der Waals surface area contributed by atoms with E-state index in [0.29, 0.717) is 0 Å². The molecule has 1 aliphatic rings. The minimum absolute atomic E-state index is 0.911. The maximum Gasteiger partial charge on any atom is 0.0694 e. The number of allylic oxidation sites excluding steroid dienone is 1.